The second-order valence-electron chi connectivity index (χ2n) is 18.7. The monoisotopic (exact) mass is 1070 g/mol. The Morgan fingerprint density at radius 1 is 0.747 bits per heavy atom. The number of hydrogen-bond donors (Lipinski definition) is 6. The van der Waals surface area contributed by atoms with Gasteiger partial charge < -0.3 is 56.0 Å². The summed E-state index contributed by atoms with van der Waals surface area (Å²) >= 11 is 12.4. The zero-order chi connectivity index (χ0) is 54.1. The third-order valence-corrected chi connectivity index (χ3v) is 12.7. The van der Waals surface area contributed by atoms with Crippen LogP contribution in [0, 0.1) is 28.4 Å². The van der Waals surface area contributed by atoms with Gasteiger partial charge in [-0.2, -0.15) is 5.26 Å². The van der Waals surface area contributed by atoms with Gasteiger partial charge >= 0.3 is 0 Å². The highest BCUT2D eigenvalue weighted by molar-refractivity contribution is 6.31. The minimum atomic E-state index is -1.82. The van der Waals surface area contributed by atoms with Gasteiger partial charge in [0.15, 0.2) is 0 Å². The van der Waals surface area contributed by atoms with Crippen LogP contribution in [-0.4, -0.2) is 102 Å². The Morgan fingerprint density at radius 2 is 1.40 bits per heavy atom. The first-order chi connectivity index (χ1) is 35.9. The Kier molecular flexibility index (Phi) is 20.9. The van der Waals surface area contributed by atoms with Crippen molar-refractivity contribution >= 4 is 69.6 Å². The third-order valence-electron chi connectivity index (χ3n) is 12.2. The van der Waals surface area contributed by atoms with E-state index in [4.69, 9.17) is 52.6 Å². The zero-order valence-corrected chi connectivity index (χ0v) is 43.5. The maximum absolute atomic E-state index is 16.1. The maximum atomic E-state index is 16.1. The van der Waals surface area contributed by atoms with Crippen molar-refractivity contribution in [1.82, 2.24) is 10.6 Å². The Labute approximate surface area is 444 Å². The lowest BCUT2D eigenvalue weighted by atomic mass is 9.62. The smallest absolute Gasteiger partial charge is 0.255 e. The van der Waals surface area contributed by atoms with Gasteiger partial charge in [0.05, 0.1) is 101 Å². The number of rotatable bonds is 25. The van der Waals surface area contributed by atoms with Crippen molar-refractivity contribution in [2.24, 2.45) is 5.41 Å². The minimum Gasteiger partial charge on any atom is -0.495 e. The molecule has 0 saturated carbocycles. The molecule has 1 aliphatic rings. The number of ether oxygens (including phenoxy) is 5. The second kappa shape index (κ2) is 27.2. The number of anilines is 4. The predicted octanol–water partition coefficient (Wildman–Crippen LogP) is 8.90. The molecule has 0 unspecified atom stereocenters. The first-order valence-corrected chi connectivity index (χ1v) is 24.9. The summed E-state index contributed by atoms with van der Waals surface area (Å²) in [5.74, 6) is -4.43. The van der Waals surface area contributed by atoms with E-state index in [-0.39, 0.29) is 89.2 Å². The molecule has 0 radical (unpaired) electrons. The fourth-order valence-electron chi connectivity index (χ4n) is 8.70. The molecule has 0 aliphatic carbocycles. The van der Waals surface area contributed by atoms with Crippen molar-refractivity contribution in [3.63, 3.8) is 0 Å². The number of nitriles is 1. The lowest BCUT2D eigenvalue weighted by Crippen LogP contribution is -2.45. The molecule has 7 N–H and O–H groups in total. The zero-order valence-electron chi connectivity index (χ0n) is 42.0. The van der Waals surface area contributed by atoms with Crippen LogP contribution < -0.4 is 37.1 Å². The van der Waals surface area contributed by atoms with Crippen molar-refractivity contribution in [1.29, 1.82) is 5.26 Å². The molecular formula is C55H61Cl2F2N7O9. The van der Waals surface area contributed by atoms with Crippen LogP contribution in [-0.2, 0) is 34.0 Å². The lowest BCUT2D eigenvalue weighted by molar-refractivity contribution is -0.118. The van der Waals surface area contributed by atoms with E-state index in [2.05, 4.69) is 32.7 Å². The van der Waals surface area contributed by atoms with E-state index in [0.717, 1.165) is 6.07 Å². The molecule has 1 heterocycles. The Balaban J connectivity index is 0.887. The number of nitrogens with two attached hydrogens (primary N) is 1. The normalized spacial score (nSPS) is 17.2. The number of nitrogen functional groups attached to an aromatic ring is 1. The van der Waals surface area contributed by atoms with E-state index in [9.17, 15) is 24.4 Å². The van der Waals surface area contributed by atoms with Crippen LogP contribution in [0.2, 0.25) is 10.0 Å². The van der Waals surface area contributed by atoms with E-state index >= 15 is 8.78 Å². The molecule has 1 aliphatic heterocycles. The van der Waals surface area contributed by atoms with Gasteiger partial charge in [0, 0.05) is 45.9 Å². The highest BCUT2D eigenvalue weighted by Crippen LogP contribution is 2.53. The SMILES string of the molecule is COc1cc(C(=O)NCCOCCOCCOCCOCCC(=O)Nc2ccc(C(=O)Nc3ccccc3N)cc2)ccc1NC(=O)[C@@H]1N[C@@H](CC(C)(C)C)[C@](C#N)(c2ccc(Cl)cc2F)[C@H]1c1cccc(Cl)c1F. The number of methoxy groups -OCH3 is 1. The number of benzene rings is 5. The van der Waals surface area contributed by atoms with Gasteiger partial charge in [-0.1, -0.05) is 74.3 Å². The van der Waals surface area contributed by atoms with Gasteiger partial charge in [-0.15, -0.1) is 0 Å². The molecule has 4 amide bonds. The molecule has 20 heteroatoms. The van der Waals surface area contributed by atoms with Crippen molar-refractivity contribution in [2.75, 3.05) is 88.2 Å². The van der Waals surface area contributed by atoms with E-state index in [0.29, 0.717) is 55.7 Å². The number of para-hydroxylation sites is 2. The van der Waals surface area contributed by atoms with Gasteiger partial charge in [-0.05, 0) is 90.2 Å². The van der Waals surface area contributed by atoms with E-state index < -0.39 is 52.3 Å². The van der Waals surface area contributed by atoms with Crippen LogP contribution in [0.5, 0.6) is 5.75 Å². The number of carbonyl (C=O) groups excluding carboxylic acids is 4. The molecule has 0 spiro atoms. The largest absolute Gasteiger partial charge is 0.495 e. The Bertz CT molecular complexity index is 2830. The number of nitrogens with zero attached hydrogens (tertiary/aromatic N) is 1. The van der Waals surface area contributed by atoms with Gasteiger partial charge in [0.2, 0.25) is 11.8 Å². The molecule has 16 nitrogen and oxygen atoms in total. The molecule has 5 aromatic carbocycles. The number of halogens is 4. The van der Waals surface area contributed by atoms with Crippen molar-refractivity contribution in [3.8, 4) is 11.8 Å². The Morgan fingerprint density at radius 3 is 2.04 bits per heavy atom. The van der Waals surface area contributed by atoms with Gasteiger partial charge in [0.1, 0.15) is 22.8 Å². The van der Waals surface area contributed by atoms with Crippen molar-refractivity contribution in [2.45, 2.75) is 57.0 Å². The van der Waals surface area contributed by atoms with Crippen LogP contribution in [0.1, 0.15) is 71.4 Å². The van der Waals surface area contributed by atoms with E-state index in [1.54, 1.807) is 48.5 Å². The summed E-state index contributed by atoms with van der Waals surface area (Å²) in [5.41, 5.74) is 5.88. The molecule has 4 atom stereocenters. The lowest BCUT2D eigenvalue weighted by Gasteiger charge is -2.37. The summed E-state index contributed by atoms with van der Waals surface area (Å²) in [7, 11) is 1.37. The first kappa shape index (κ1) is 57.6. The molecule has 1 fully saturated rings. The maximum Gasteiger partial charge on any atom is 0.255 e. The first-order valence-electron chi connectivity index (χ1n) is 24.2. The topological polar surface area (TPSA) is 224 Å². The van der Waals surface area contributed by atoms with E-state index in [1.165, 1.54) is 55.6 Å². The molecular weight excluding hydrogens is 1010 g/mol. The Hall–Kier alpha value is -6.69. The number of nitrogens with one attached hydrogen (secondary N) is 5. The average Bonchev–Trinajstić information content (AvgIpc) is 3.69. The van der Waals surface area contributed by atoms with Crippen molar-refractivity contribution in [3.05, 3.63) is 147 Å². The van der Waals surface area contributed by atoms with Gasteiger partial charge in [-0.25, -0.2) is 8.78 Å². The number of hydrogen-bond acceptors (Lipinski definition) is 12. The molecule has 75 heavy (non-hydrogen) atoms. The summed E-state index contributed by atoms with van der Waals surface area (Å²) < 4.78 is 59.9. The number of amides is 4. The fourth-order valence-corrected chi connectivity index (χ4v) is 9.04. The number of carbonyl (C=O) groups is 4. The molecule has 0 aromatic heterocycles. The molecule has 398 valence electrons. The highest BCUT2D eigenvalue weighted by atomic mass is 35.5. The molecule has 5 aromatic rings. The summed E-state index contributed by atoms with van der Waals surface area (Å²) in [6.45, 7) is 8.22. The van der Waals surface area contributed by atoms with Crippen molar-refractivity contribution < 1.29 is 51.6 Å². The molecule has 1 saturated heterocycles. The standard InChI is InChI=1S/C55H61Cl2F2N7O9/c1-54(2,3)32-46-55(33-60,39-18-15-36(56)31-41(39)58)48(38-8-7-9-40(57)49(38)59)50(66-46)53(70)65-44-19-14-35(30-45(44)71-4)51(68)62-21-23-73-25-27-75-29-28-74-26-24-72-22-20-47(67)63-37-16-12-34(13-17-37)52(69)64-43-11-6-5-10-42(43)61/h5-19,30-31,46,48,50,66H,20-29,32,61H2,1-4H3,(H,62,68)(H,63,67)(H,64,69)(H,65,70)/t46-,48-,50+,55-/m0/s1. The highest BCUT2D eigenvalue weighted by Gasteiger charge is 2.61. The second-order valence-corrected chi connectivity index (χ2v) is 19.6. The van der Waals surface area contributed by atoms with Crippen LogP contribution >= 0.6 is 23.2 Å². The van der Waals surface area contributed by atoms with E-state index in [1.807, 2.05) is 20.8 Å². The molecule has 0 bridgehead atoms. The minimum absolute atomic E-state index is 0.0514. The average molecular weight is 1070 g/mol. The van der Waals surface area contributed by atoms with Gasteiger partial charge in [0.25, 0.3) is 11.8 Å². The van der Waals surface area contributed by atoms with Gasteiger partial charge in [-0.3, -0.25) is 19.2 Å². The molecule has 6 rings (SSSR count). The summed E-state index contributed by atoms with van der Waals surface area (Å²) in [6.07, 6.45) is 0.421. The van der Waals surface area contributed by atoms with Crippen LogP contribution in [0.3, 0.4) is 0 Å². The predicted molar refractivity (Wildman–Crippen MR) is 283 cm³/mol. The summed E-state index contributed by atoms with van der Waals surface area (Å²) in [5, 5.41) is 25.5. The quantitative estimate of drug-likeness (QED) is 0.0238. The van der Waals surface area contributed by atoms with Crippen LogP contribution in [0.15, 0.2) is 103 Å². The summed E-state index contributed by atoms with van der Waals surface area (Å²) in [4.78, 5) is 52.5. The fraction of sp³-hybridized carbons (Fsp3) is 0.364. The van der Waals surface area contributed by atoms with Crippen LogP contribution in [0.25, 0.3) is 0 Å². The summed E-state index contributed by atoms with van der Waals surface area (Å²) in [6, 6.07) is 26.3. The third kappa shape index (κ3) is 15.5. The van der Waals surface area contributed by atoms with Crippen LogP contribution in [0.4, 0.5) is 31.5 Å².